The number of hydrogen-bond donors (Lipinski definition) is 1. The molecule has 0 fully saturated rings. The number of alkyl halides is 2. The van der Waals surface area contributed by atoms with Gasteiger partial charge < -0.3 is 9.84 Å². The molecule has 0 aliphatic rings. The second-order valence-electron chi connectivity index (χ2n) is 4.66. The van der Waals surface area contributed by atoms with Crippen LogP contribution < -0.4 is 4.74 Å². The van der Waals surface area contributed by atoms with Crippen molar-refractivity contribution in [1.29, 1.82) is 0 Å². The van der Waals surface area contributed by atoms with Crippen LogP contribution in [0.15, 0.2) is 48.5 Å². The van der Waals surface area contributed by atoms with Gasteiger partial charge in [-0.25, -0.2) is 0 Å². The summed E-state index contributed by atoms with van der Waals surface area (Å²) in [4.78, 5) is 0. The molecule has 0 aromatic heterocycles. The molecule has 0 saturated carbocycles. The number of aliphatic hydroxyl groups is 1. The van der Waals surface area contributed by atoms with E-state index in [0.717, 1.165) is 11.1 Å². The summed E-state index contributed by atoms with van der Waals surface area (Å²) in [7, 11) is 0. The van der Waals surface area contributed by atoms with E-state index in [1.807, 2.05) is 31.2 Å². The predicted molar refractivity (Wildman–Crippen MR) is 72.9 cm³/mol. The standard InChI is InChI=1S/C16H16F2O2/c1-11-4-2-5-12(8-11)9-15(19)13-6-3-7-14(10-13)20-16(17)18/h2-8,10,15-16,19H,9H2,1H3. The van der Waals surface area contributed by atoms with E-state index in [1.54, 1.807) is 12.1 Å². The number of ether oxygens (including phenoxy) is 1. The summed E-state index contributed by atoms with van der Waals surface area (Å²) in [5, 5.41) is 10.2. The Bertz CT molecular complexity index is 570. The Morgan fingerprint density at radius 3 is 2.55 bits per heavy atom. The fourth-order valence-electron chi connectivity index (χ4n) is 2.08. The summed E-state index contributed by atoms with van der Waals surface area (Å²) < 4.78 is 28.6. The van der Waals surface area contributed by atoms with Gasteiger partial charge in [-0.15, -0.1) is 0 Å². The van der Waals surface area contributed by atoms with Gasteiger partial charge in [-0.3, -0.25) is 0 Å². The third-order valence-corrected chi connectivity index (χ3v) is 2.98. The average Bonchev–Trinajstić information content (AvgIpc) is 2.38. The third kappa shape index (κ3) is 4.03. The topological polar surface area (TPSA) is 29.5 Å². The van der Waals surface area contributed by atoms with Crippen molar-refractivity contribution in [2.45, 2.75) is 26.1 Å². The zero-order valence-electron chi connectivity index (χ0n) is 11.1. The fraction of sp³-hybridized carbons (Fsp3) is 0.250. The van der Waals surface area contributed by atoms with Gasteiger partial charge in [0, 0.05) is 6.42 Å². The summed E-state index contributed by atoms with van der Waals surface area (Å²) in [5.41, 5.74) is 2.67. The van der Waals surface area contributed by atoms with Crippen LogP contribution in [0.5, 0.6) is 5.75 Å². The third-order valence-electron chi connectivity index (χ3n) is 2.98. The van der Waals surface area contributed by atoms with Gasteiger partial charge in [0.05, 0.1) is 6.10 Å². The number of aryl methyl sites for hydroxylation is 1. The number of aliphatic hydroxyl groups excluding tert-OH is 1. The first-order valence-electron chi connectivity index (χ1n) is 6.33. The maximum absolute atomic E-state index is 12.2. The van der Waals surface area contributed by atoms with Crippen molar-refractivity contribution < 1.29 is 18.6 Å². The normalized spacial score (nSPS) is 12.4. The lowest BCUT2D eigenvalue weighted by Gasteiger charge is -2.13. The maximum Gasteiger partial charge on any atom is 0.387 e. The summed E-state index contributed by atoms with van der Waals surface area (Å²) in [5.74, 6) is 0.0563. The van der Waals surface area contributed by atoms with E-state index in [1.165, 1.54) is 12.1 Å². The van der Waals surface area contributed by atoms with Gasteiger partial charge in [-0.05, 0) is 30.2 Å². The molecule has 2 aromatic rings. The summed E-state index contributed by atoms with van der Waals surface area (Å²) in [6.07, 6.45) is -0.321. The van der Waals surface area contributed by atoms with E-state index < -0.39 is 12.7 Å². The van der Waals surface area contributed by atoms with Crippen LogP contribution >= 0.6 is 0 Å². The van der Waals surface area contributed by atoms with Gasteiger partial charge in [0.15, 0.2) is 0 Å². The minimum absolute atomic E-state index is 0.0563. The first-order valence-corrected chi connectivity index (χ1v) is 6.33. The molecular formula is C16H16F2O2. The van der Waals surface area contributed by atoms with Crippen LogP contribution in [0, 0.1) is 6.92 Å². The molecule has 20 heavy (non-hydrogen) atoms. The van der Waals surface area contributed by atoms with Crippen molar-refractivity contribution in [3.05, 3.63) is 65.2 Å². The molecule has 0 radical (unpaired) electrons. The predicted octanol–water partition coefficient (Wildman–Crippen LogP) is 3.87. The molecule has 0 saturated heterocycles. The molecule has 1 atom stereocenters. The second-order valence-corrected chi connectivity index (χ2v) is 4.66. The number of halogens is 2. The molecule has 4 heteroatoms. The molecule has 106 valence electrons. The molecule has 1 N–H and O–H groups in total. The lowest BCUT2D eigenvalue weighted by Crippen LogP contribution is -2.05. The Hall–Kier alpha value is -1.94. The Balaban J connectivity index is 2.10. The van der Waals surface area contributed by atoms with Gasteiger partial charge >= 0.3 is 6.61 Å². The number of hydrogen-bond acceptors (Lipinski definition) is 2. The Kier molecular flexibility index (Phi) is 4.69. The number of benzene rings is 2. The van der Waals surface area contributed by atoms with Gasteiger partial charge in [0.1, 0.15) is 5.75 Å². The maximum atomic E-state index is 12.2. The highest BCUT2D eigenvalue weighted by atomic mass is 19.3. The van der Waals surface area contributed by atoms with Crippen molar-refractivity contribution in [3.8, 4) is 5.75 Å². The Morgan fingerprint density at radius 1 is 1.10 bits per heavy atom. The van der Waals surface area contributed by atoms with Crippen LogP contribution in [0.25, 0.3) is 0 Å². The molecule has 2 nitrogen and oxygen atoms in total. The molecule has 0 amide bonds. The lowest BCUT2D eigenvalue weighted by molar-refractivity contribution is -0.0499. The summed E-state index contributed by atoms with van der Waals surface area (Å²) in [6.45, 7) is -0.883. The van der Waals surface area contributed by atoms with Crippen molar-refractivity contribution in [2.75, 3.05) is 0 Å². The molecule has 0 aliphatic carbocycles. The number of rotatable bonds is 5. The molecule has 2 aromatic carbocycles. The van der Waals surface area contributed by atoms with Gasteiger partial charge in [-0.1, -0.05) is 42.0 Å². The van der Waals surface area contributed by atoms with Crippen molar-refractivity contribution in [3.63, 3.8) is 0 Å². The molecule has 0 aliphatic heterocycles. The van der Waals surface area contributed by atoms with Crippen molar-refractivity contribution in [2.24, 2.45) is 0 Å². The van der Waals surface area contributed by atoms with E-state index in [2.05, 4.69) is 4.74 Å². The summed E-state index contributed by atoms with van der Waals surface area (Å²) >= 11 is 0. The van der Waals surface area contributed by atoms with Crippen LogP contribution in [0.3, 0.4) is 0 Å². The smallest absolute Gasteiger partial charge is 0.387 e. The quantitative estimate of drug-likeness (QED) is 0.899. The Labute approximate surface area is 116 Å². The van der Waals surface area contributed by atoms with Crippen molar-refractivity contribution in [1.82, 2.24) is 0 Å². The molecule has 0 spiro atoms. The van der Waals surface area contributed by atoms with E-state index >= 15 is 0 Å². The van der Waals surface area contributed by atoms with Gasteiger partial charge in [0.25, 0.3) is 0 Å². The van der Waals surface area contributed by atoms with Gasteiger partial charge in [0.2, 0.25) is 0 Å². The molecule has 0 heterocycles. The monoisotopic (exact) mass is 278 g/mol. The largest absolute Gasteiger partial charge is 0.435 e. The molecule has 1 unspecified atom stereocenters. The Morgan fingerprint density at radius 2 is 1.85 bits per heavy atom. The first kappa shape index (κ1) is 14.5. The minimum atomic E-state index is -2.86. The van der Waals surface area contributed by atoms with Crippen molar-refractivity contribution >= 4 is 0 Å². The lowest BCUT2D eigenvalue weighted by atomic mass is 10.0. The highest BCUT2D eigenvalue weighted by Gasteiger charge is 2.11. The zero-order chi connectivity index (χ0) is 14.5. The second kappa shape index (κ2) is 6.48. The first-order chi connectivity index (χ1) is 9.54. The SMILES string of the molecule is Cc1cccc(CC(O)c2cccc(OC(F)F)c2)c1. The van der Waals surface area contributed by atoms with Crippen LogP contribution in [-0.4, -0.2) is 11.7 Å². The van der Waals surface area contributed by atoms with Crippen LogP contribution in [0.2, 0.25) is 0 Å². The molecule has 2 rings (SSSR count). The minimum Gasteiger partial charge on any atom is -0.435 e. The fourth-order valence-corrected chi connectivity index (χ4v) is 2.08. The zero-order valence-corrected chi connectivity index (χ0v) is 11.1. The highest BCUT2D eigenvalue weighted by Crippen LogP contribution is 2.23. The van der Waals surface area contributed by atoms with Crippen LogP contribution in [-0.2, 0) is 6.42 Å². The average molecular weight is 278 g/mol. The summed E-state index contributed by atoms with van der Waals surface area (Å²) in [6, 6.07) is 14.0. The molecular weight excluding hydrogens is 262 g/mol. The highest BCUT2D eigenvalue weighted by molar-refractivity contribution is 5.31. The van der Waals surface area contributed by atoms with Crippen LogP contribution in [0.1, 0.15) is 22.8 Å². The van der Waals surface area contributed by atoms with Crippen LogP contribution in [0.4, 0.5) is 8.78 Å². The van der Waals surface area contributed by atoms with Gasteiger partial charge in [-0.2, -0.15) is 8.78 Å². The van der Waals surface area contributed by atoms with E-state index in [4.69, 9.17) is 0 Å². The molecule has 0 bridgehead atoms. The van der Waals surface area contributed by atoms with E-state index in [9.17, 15) is 13.9 Å². The van der Waals surface area contributed by atoms with E-state index in [-0.39, 0.29) is 5.75 Å². The van der Waals surface area contributed by atoms with E-state index in [0.29, 0.717) is 12.0 Å².